The Balaban J connectivity index is 1.73. The lowest BCUT2D eigenvalue weighted by atomic mass is 10.2. The fourth-order valence-corrected chi connectivity index (χ4v) is 1.81. The van der Waals surface area contributed by atoms with Crippen LogP contribution in [0.15, 0.2) is 18.2 Å². The first kappa shape index (κ1) is 14.3. The van der Waals surface area contributed by atoms with E-state index in [-0.39, 0.29) is 5.82 Å². The van der Waals surface area contributed by atoms with Crippen molar-refractivity contribution in [2.24, 2.45) is 0 Å². The van der Waals surface area contributed by atoms with Crippen molar-refractivity contribution >= 4 is 0 Å². The minimum atomic E-state index is -0.286. The van der Waals surface area contributed by atoms with Crippen LogP contribution in [0.1, 0.15) is 31.7 Å². The average Bonchev–Trinajstić information content (AvgIpc) is 3.22. The summed E-state index contributed by atoms with van der Waals surface area (Å²) >= 11 is 0. The molecule has 3 nitrogen and oxygen atoms in total. The number of ether oxygens (including phenoxy) is 2. The Morgan fingerprint density at radius 2 is 2.16 bits per heavy atom. The molecule has 1 aliphatic carbocycles. The third kappa shape index (κ3) is 5.17. The Labute approximate surface area is 114 Å². The molecule has 0 amide bonds. The van der Waals surface area contributed by atoms with Gasteiger partial charge in [0.05, 0.1) is 6.61 Å². The van der Waals surface area contributed by atoms with Gasteiger partial charge < -0.3 is 14.8 Å². The maximum Gasteiger partial charge on any atom is 0.165 e. The second-order valence-corrected chi connectivity index (χ2v) is 4.82. The molecule has 2 rings (SSSR count). The van der Waals surface area contributed by atoms with E-state index in [9.17, 15) is 4.39 Å². The van der Waals surface area contributed by atoms with Crippen molar-refractivity contribution in [2.75, 3.05) is 19.8 Å². The fourth-order valence-electron chi connectivity index (χ4n) is 1.81. The van der Waals surface area contributed by atoms with Crippen LogP contribution in [0.2, 0.25) is 0 Å². The molecule has 1 aromatic carbocycles. The molecule has 0 spiro atoms. The molecule has 0 bridgehead atoms. The largest absolute Gasteiger partial charge is 0.490 e. The molecule has 4 heteroatoms. The Kier molecular flexibility index (Phi) is 5.61. The molecule has 0 radical (unpaired) electrons. The number of rotatable bonds is 9. The van der Waals surface area contributed by atoms with Gasteiger partial charge in [0.1, 0.15) is 0 Å². The van der Waals surface area contributed by atoms with Crippen LogP contribution in [0.5, 0.6) is 5.75 Å². The van der Waals surface area contributed by atoms with Gasteiger partial charge in [0.2, 0.25) is 0 Å². The van der Waals surface area contributed by atoms with E-state index >= 15 is 0 Å². The quantitative estimate of drug-likeness (QED) is 0.698. The Hall–Kier alpha value is -1.13. The highest BCUT2D eigenvalue weighted by molar-refractivity contribution is 5.29. The summed E-state index contributed by atoms with van der Waals surface area (Å²) in [6.07, 6.45) is 3.26. The summed E-state index contributed by atoms with van der Waals surface area (Å²) in [5, 5.41) is 3.36. The van der Waals surface area contributed by atoms with Crippen LogP contribution < -0.4 is 10.1 Å². The Bertz CT molecular complexity index is 394. The summed E-state index contributed by atoms with van der Waals surface area (Å²) in [6, 6.07) is 5.81. The molecule has 1 fully saturated rings. The van der Waals surface area contributed by atoms with Crippen molar-refractivity contribution in [1.29, 1.82) is 0 Å². The lowest BCUT2D eigenvalue weighted by molar-refractivity contribution is 0.130. The van der Waals surface area contributed by atoms with Crippen LogP contribution in [-0.4, -0.2) is 25.9 Å². The summed E-state index contributed by atoms with van der Waals surface area (Å²) in [4.78, 5) is 0. The molecule has 106 valence electrons. The molecule has 1 aliphatic rings. The highest BCUT2D eigenvalue weighted by Crippen LogP contribution is 2.21. The van der Waals surface area contributed by atoms with Gasteiger partial charge in [-0.3, -0.25) is 0 Å². The zero-order valence-electron chi connectivity index (χ0n) is 11.5. The number of hydrogen-bond donors (Lipinski definition) is 1. The van der Waals surface area contributed by atoms with E-state index in [0.717, 1.165) is 18.5 Å². The monoisotopic (exact) mass is 267 g/mol. The first-order chi connectivity index (χ1) is 9.29. The van der Waals surface area contributed by atoms with Crippen LogP contribution in [-0.2, 0) is 11.3 Å². The van der Waals surface area contributed by atoms with E-state index in [1.807, 2.05) is 13.0 Å². The zero-order chi connectivity index (χ0) is 13.5. The minimum Gasteiger partial charge on any atom is -0.490 e. The van der Waals surface area contributed by atoms with Gasteiger partial charge in [-0.05, 0) is 37.5 Å². The lowest BCUT2D eigenvalue weighted by Gasteiger charge is -2.09. The normalized spacial score (nSPS) is 14.6. The molecule has 0 aliphatic heterocycles. The van der Waals surface area contributed by atoms with Gasteiger partial charge in [-0.2, -0.15) is 0 Å². The minimum absolute atomic E-state index is 0.286. The topological polar surface area (TPSA) is 30.5 Å². The maximum atomic E-state index is 13.8. The molecule has 0 unspecified atom stereocenters. The fraction of sp³-hybridized carbons (Fsp3) is 0.600. The van der Waals surface area contributed by atoms with Crippen LogP contribution >= 0.6 is 0 Å². The summed E-state index contributed by atoms with van der Waals surface area (Å²) in [5.74, 6) is 0.0400. The van der Waals surface area contributed by atoms with Crippen LogP contribution in [0.3, 0.4) is 0 Å². The SMILES string of the molecule is CCOCCCOc1ccc(CNC2CC2)cc1F. The van der Waals surface area contributed by atoms with E-state index in [1.54, 1.807) is 12.1 Å². The van der Waals surface area contributed by atoms with Gasteiger partial charge in [-0.25, -0.2) is 4.39 Å². The molecule has 0 saturated heterocycles. The van der Waals surface area contributed by atoms with Crippen molar-refractivity contribution < 1.29 is 13.9 Å². The number of benzene rings is 1. The van der Waals surface area contributed by atoms with Gasteiger partial charge in [0.25, 0.3) is 0 Å². The number of hydrogen-bond acceptors (Lipinski definition) is 3. The summed E-state index contributed by atoms with van der Waals surface area (Å²) < 4.78 is 24.4. The predicted molar refractivity (Wildman–Crippen MR) is 72.9 cm³/mol. The van der Waals surface area contributed by atoms with Crippen molar-refractivity contribution in [3.8, 4) is 5.75 Å². The summed E-state index contributed by atoms with van der Waals surface area (Å²) in [7, 11) is 0. The second kappa shape index (κ2) is 7.46. The van der Waals surface area contributed by atoms with E-state index in [0.29, 0.717) is 31.6 Å². The zero-order valence-corrected chi connectivity index (χ0v) is 11.5. The third-order valence-electron chi connectivity index (χ3n) is 3.06. The molecule has 0 heterocycles. The number of halogens is 1. The first-order valence-corrected chi connectivity index (χ1v) is 7.02. The highest BCUT2D eigenvalue weighted by Gasteiger charge is 2.20. The molecular formula is C15H22FNO2. The molecule has 1 N–H and O–H groups in total. The van der Waals surface area contributed by atoms with E-state index in [1.165, 1.54) is 12.8 Å². The van der Waals surface area contributed by atoms with Gasteiger partial charge in [-0.15, -0.1) is 0 Å². The number of nitrogens with one attached hydrogen (secondary N) is 1. The van der Waals surface area contributed by atoms with Gasteiger partial charge in [0, 0.05) is 32.2 Å². The smallest absolute Gasteiger partial charge is 0.165 e. The van der Waals surface area contributed by atoms with Crippen LogP contribution in [0.4, 0.5) is 4.39 Å². The lowest BCUT2D eigenvalue weighted by Crippen LogP contribution is -2.15. The molecule has 1 saturated carbocycles. The predicted octanol–water partition coefficient (Wildman–Crippen LogP) is 2.88. The van der Waals surface area contributed by atoms with Crippen molar-refractivity contribution in [1.82, 2.24) is 5.32 Å². The van der Waals surface area contributed by atoms with Crippen LogP contribution in [0, 0.1) is 5.82 Å². The van der Waals surface area contributed by atoms with E-state index in [4.69, 9.17) is 9.47 Å². The van der Waals surface area contributed by atoms with Crippen molar-refractivity contribution in [3.05, 3.63) is 29.6 Å². The first-order valence-electron chi connectivity index (χ1n) is 7.02. The molecular weight excluding hydrogens is 245 g/mol. The highest BCUT2D eigenvalue weighted by atomic mass is 19.1. The average molecular weight is 267 g/mol. The van der Waals surface area contributed by atoms with Gasteiger partial charge in [-0.1, -0.05) is 6.07 Å². The van der Waals surface area contributed by atoms with Crippen LogP contribution in [0.25, 0.3) is 0 Å². The maximum absolute atomic E-state index is 13.8. The summed E-state index contributed by atoms with van der Waals surface area (Å²) in [5.41, 5.74) is 0.964. The van der Waals surface area contributed by atoms with Gasteiger partial charge in [0.15, 0.2) is 11.6 Å². The van der Waals surface area contributed by atoms with E-state index < -0.39 is 0 Å². The molecule has 0 atom stereocenters. The van der Waals surface area contributed by atoms with Gasteiger partial charge >= 0.3 is 0 Å². The Morgan fingerprint density at radius 1 is 1.32 bits per heavy atom. The molecule has 1 aromatic rings. The second-order valence-electron chi connectivity index (χ2n) is 4.82. The Morgan fingerprint density at radius 3 is 2.84 bits per heavy atom. The molecule has 0 aromatic heterocycles. The standard InChI is InChI=1S/C15H22FNO2/c1-2-18-8-3-9-19-15-7-4-12(10-14(15)16)11-17-13-5-6-13/h4,7,10,13,17H,2-3,5-6,8-9,11H2,1H3. The molecule has 19 heavy (non-hydrogen) atoms. The summed E-state index contributed by atoms with van der Waals surface area (Å²) in [6.45, 7) is 4.52. The third-order valence-corrected chi connectivity index (χ3v) is 3.06. The van der Waals surface area contributed by atoms with Crippen molar-refractivity contribution in [2.45, 2.75) is 38.8 Å². The van der Waals surface area contributed by atoms with Crippen molar-refractivity contribution in [3.63, 3.8) is 0 Å². The van der Waals surface area contributed by atoms with E-state index in [2.05, 4.69) is 5.32 Å².